The largest absolute Gasteiger partial charge is 0.504 e. The van der Waals surface area contributed by atoms with Crippen LogP contribution >= 0.6 is 0 Å². The Morgan fingerprint density at radius 2 is 1.45 bits per heavy atom. The van der Waals surface area contributed by atoms with E-state index < -0.39 is 17.9 Å². The van der Waals surface area contributed by atoms with Gasteiger partial charge in [-0.15, -0.1) is 0 Å². The van der Waals surface area contributed by atoms with Crippen molar-refractivity contribution in [2.45, 2.75) is 12.8 Å². The smallest absolute Gasteiger partial charge is 0.343 e. The highest BCUT2D eigenvalue weighted by Crippen LogP contribution is 2.31. The summed E-state index contributed by atoms with van der Waals surface area (Å²) in [5, 5.41) is 9.66. The first kappa shape index (κ1) is 19.9. The van der Waals surface area contributed by atoms with E-state index >= 15 is 0 Å². The monoisotopic (exact) mass is 392 g/mol. The number of phenols is 1. The Hall–Kier alpha value is -3.80. The van der Waals surface area contributed by atoms with Gasteiger partial charge in [0.15, 0.2) is 23.0 Å². The molecule has 148 valence electrons. The first-order valence-corrected chi connectivity index (χ1v) is 8.94. The molecule has 6 nitrogen and oxygen atoms in total. The lowest BCUT2D eigenvalue weighted by atomic mass is 10.0. The van der Waals surface area contributed by atoms with Gasteiger partial charge in [-0.3, -0.25) is 4.79 Å². The number of para-hydroxylation sites is 2. The lowest BCUT2D eigenvalue weighted by Gasteiger charge is -2.14. The number of hydrogen-bond donors (Lipinski definition) is 1. The number of rotatable bonds is 6. The normalized spacial score (nSPS) is 11.4. The molecule has 3 aromatic carbocycles. The van der Waals surface area contributed by atoms with Crippen LogP contribution in [0, 0.1) is 0 Å². The van der Waals surface area contributed by atoms with Gasteiger partial charge in [0.1, 0.15) is 0 Å². The molecule has 0 aliphatic carbocycles. The predicted molar refractivity (Wildman–Crippen MR) is 107 cm³/mol. The van der Waals surface area contributed by atoms with E-state index in [0.29, 0.717) is 0 Å². The molecular formula is C23H20O6. The van der Waals surface area contributed by atoms with E-state index in [1.54, 1.807) is 25.1 Å². The maximum absolute atomic E-state index is 12.5. The zero-order valence-corrected chi connectivity index (χ0v) is 16.0. The Labute approximate surface area is 168 Å². The lowest BCUT2D eigenvalue weighted by Crippen LogP contribution is -2.17. The van der Waals surface area contributed by atoms with Crippen LogP contribution in [0.2, 0.25) is 0 Å². The van der Waals surface area contributed by atoms with Crippen molar-refractivity contribution < 1.29 is 28.9 Å². The SMILES string of the molecule is COc1cc(C(=O)Oc2ccccc2OC(=O)C(C)c2ccccc2)ccc1O. The van der Waals surface area contributed by atoms with Crippen LogP contribution < -0.4 is 14.2 Å². The molecule has 0 fully saturated rings. The molecule has 0 saturated heterocycles. The molecule has 0 bridgehead atoms. The van der Waals surface area contributed by atoms with Crippen LogP contribution in [-0.2, 0) is 4.79 Å². The summed E-state index contributed by atoms with van der Waals surface area (Å²) in [5.41, 5.74) is 1.00. The average Bonchev–Trinajstić information content (AvgIpc) is 2.75. The molecule has 1 atom stereocenters. The molecule has 0 amide bonds. The van der Waals surface area contributed by atoms with Gasteiger partial charge in [0.05, 0.1) is 18.6 Å². The molecule has 0 saturated carbocycles. The van der Waals surface area contributed by atoms with Gasteiger partial charge in [-0.1, -0.05) is 42.5 Å². The van der Waals surface area contributed by atoms with Crippen molar-refractivity contribution in [3.63, 3.8) is 0 Å². The molecule has 6 heteroatoms. The van der Waals surface area contributed by atoms with E-state index in [1.165, 1.54) is 31.4 Å². The van der Waals surface area contributed by atoms with Crippen LogP contribution in [0.25, 0.3) is 0 Å². The number of ether oxygens (including phenoxy) is 3. The minimum absolute atomic E-state index is 0.0896. The van der Waals surface area contributed by atoms with E-state index in [4.69, 9.17) is 14.2 Å². The standard InChI is InChI=1S/C23H20O6/c1-15(16-8-4-3-5-9-16)22(25)28-19-10-6-7-11-20(19)29-23(26)17-12-13-18(24)21(14-17)27-2/h3-15,24H,1-2H3. The van der Waals surface area contributed by atoms with Gasteiger partial charge in [-0.25, -0.2) is 4.79 Å². The Morgan fingerprint density at radius 1 is 0.828 bits per heavy atom. The van der Waals surface area contributed by atoms with Crippen molar-refractivity contribution in [2.24, 2.45) is 0 Å². The Kier molecular flexibility index (Phi) is 6.14. The molecule has 0 spiro atoms. The molecule has 0 aliphatic rings. The van der Waals surface area contributed by atoms with Gasteiger partial charge < -0.3 is 19.3 Å². The zero-order valence-electron chi connectivity index (χ0n) is 16.0. The second-order valence-electron chi connectivity index (χ2n) is 6.28. The maximum atomic E-state index is 12.5. The Morgan fingerprint density at radius 3 is 2.10 bits per heavy atom. The fourth-order valence-electron chi connectivity index (χ4n) is 2.66. The van der Waals surface area contributed by atoms with Crippen LogP contribution in [0.15, 0.2) is 72.8 Å². The fourth-order valence-corrected chi connectivity index (χ4v) is 2.66. The molecule has 3 aromatic rings. The molecule has 0 aliphatic heterocycles. The van der Waals surface area contributed by atoms with Crippen molar-refractivity contribution in [1.29, 1.82) is 0 Å². The molecule has 1 unspecified atom stereocenters. The van der Waals surface area contributed by atoms with Crippen molar-refractivity contribution in [1.82, 2.24) is 0 Å². The van der Waals surface area contributed by atoms with Crippen molar-refractivity contribution in [2.75, 3.05) is 7.11 Å². The molecule has 0 radical (unpaired) electrons. The fraction of sp³-hybridized carbons (Fsp3) is 0.130. The third-order valence-electron chi connectivity index (χ3n) is 4.33. The highest BCUT2D eigenvalue weighted by Gasteiger charge is 2.20. The number of benzene rings is 3. The van der Waals surface area contributed by atoms with Gasteiger partial charge in [0, 0.05) is 0 Å². The molecule has 29 heavy (non-hydrogen) atoms. The second-order valence-corrected chi connectivity index (χ2v) is 6.28. The van der Waals surface area contributed by atoms with E-state index in [1.807, 2.05) is 30.3 Å². The Bertz CT molecular complexity index is 1010. The van der Waals surface area contributed by atoms with E-state index in [9.17, 15) is 14.7 Å². The second kappa shape index (κ2) is 8.93. The lowest BCUT2D eigenvalue weighted by molar-refractivity contribution is -0.135. The van der Waals surface area contributed by atoms with E-state index in [2.05, 4.69) is 0 Å². The third kappa shape index (κ3) is 4.73. The number of esters is 2. The van der Waals surface area contributed by atoms with Crippen LogP contribution in [-0.4, -0.2) is 24.2 Å². The van der Waals surface area contributed by atoms with Gasteiger partial charge in [0.2, 0.25) is 0 Å². The zero-order chi connectivity index (χ0) is 20.8. The van der Waals surface area contributed by atoms with Crippen LogP contribution in [0.3, 0.4) is 0 Å². The summed E-state index contributed by atoms with van der Waals surface area (Å²) in [4.78, 5) is 25.0. The van der Waals surface area contributed by atoms with Crippen molar-refractivity contribution in [3.8, 4) is 23.0 Å². The van der Waals surface area contributed by atoms with Gasteiger partial charge in [0.25, 0.3) is 0 Å². The van der Waals surface area contributed by atoms with Gasteiger partial charge in [-0.05, 0) is 42.8 Å². The van der Waals surface area contributed by atoms with Crippen LogP contribution in [0.4, 0.5) is 0 Å². The summed E-state index contributed by atoms with van der Waals surface area (Å²) in [6.07, 6.45) is 0. The summed E-state index contributed by atoms with van der Waals surface area (Å²) in [5.74, 6) is -1.32. The number of aromatic hydroxyl groups is 1. The number of methoxy groups -OCH3 is 1. The third-order valence-corrected chi connectivity index (χ3v) is 4.33. The number of phenolic OH excluding ortho intramolecular Hbond substituents is 1. The van der Waals surface area contributed by atoms with E-state index in [0.717, 1.165) is 5.56 Å². The Balaban J connectivity index is 1.77. The number of carbonyl (C=O) groups excluding carboxylic acids is 2. The molecule has 0 aromatic heterocycles. The molecule has 3 rings (SSSR count). The first-order chi connectivity index (χ1) is 14.0. The molecular weight excluding hydrogens is 372 g/mol. The minimum Gasteiger partial charge on any atom is -0.504 e. The van der Waals surface area contributed by atoms with Crippen molar-refractivity contribution >= 4 is 11.9 Å². The highest BCUT2D eigenvalue weighted by molar-refractivity contribution is 5.92. The van der Waals surface area contributed by atoms with Crippen molar-refractivity contribution in [3.05, 3.63) is 83.9 Å². The van der Waals surface area contributed by atoms with Gasteiger partial charge in [-0.2, -0.15) is 0 Å². The highest BCUT2D eigenvalue weighted by atomic mass is 16.6. The maximum Gasteiger partial charge on any atom is 0.343 e. The summed E-state index contributed by atoms with van der Waals surface area (Å²) in [6, 6.07) is 19.8. The van der Waals surface area contributed by atoms with E-state index in [-0.39, 0.29) is 28.6 Å². The topological polar surface area (TPSA) is 82.1 Å². The predicted octanol–water partition coefficient (Wildman–Crippen LogP) is 4.33. The molecule has 1 N–H and O–H groups in total. The average molecular weight is 392 g/mol. The summed E-state index contributed by atoms with van der Waals surface area (Å²) >= 11 is 0. The molecule has 0 heterocycles. The van der Waals surface area contributed by atoms with Crippen LogP contribution in [0.1, 0.15) is 28.8 Å². The number of hydrogen-bond acceptors (Lipinski definition) is 6. The van der Waals surface area contributed by atoms with Crippen LogP contribution in [0.5, 0.6) is 23.0 Å². The first-order valence-electron chi connectivity index (χ1n) is 8.94. The van der Waals surface area contributed by atoms with Gasteiger partial charge >= 0.3 is 11.9 Å². The minimum atomic E-state index is -0.678. The summed E-state index contributed by atoms with van der Waals surface area (Å²) in [7, 11) is 1.38. The number of carbonyl (C=O) groups is 2. The summed E-state index contributed by atoms with van der Waals surface area (Å²) in [6.45, 7) is 1.75. The quantitative estimate of drug-likeness (QED) is 0.497. The summed E-state index contributed by atoms with van der Waals surface area (Å²) < 4.78 is 15.9.